The Kier molecular flexibility index (Phi) is 4.12. The predicted molar refractivity (Wildman–Crippen MR) is 94.0 cm³/mol. The van der Waals surface area contributed by atoms with Crippen molar-refractivity contribution >= 4 is 28.3 Å². The van der Waals surface area contributed by atoms with Gasteiger partial charge in [0.15, 0.2) is 0 Å². The zero-order chi connectivity index (χ0) is 14.8. The van der Waals surface area contributed by atoms with Crippen molar-refractivity contribution in [2.45, 2.75) is 10.8 Å². The van der Waals surface area contributed by atoms with Crippen LogP contribution in [0.15, 0.2) is 55.0 Å². The number of nitrogens with one attached hydrogen (secondary N) is 1. The lowest BCUT2D eigenvalue weighted by Crippen LogP contribution is -3.10. The van der Waals surface area contributed by atoms with E-state index in [1.165, 1.54) is 11.3 Å². The van der Waals surface area contributed by atoms with Crippen LogP contribution in [-0.4, -0.2) is 12.0 Å². The third kappa shape index (κ3) is 2.89. The quantitative estimate of drug-likeness (QED) is 0.643. The summed E-state index contributed by atoms with van der Waals surface area (Å²) in [5.74, 6) is 0. The molecule has 1 aliphatic heterocycles. The molecular weight excluding hydrogens is 375 g/mol. The third-order valence-corrected chi connectivity index (χ3v) is 4.18. The summed E-state index contributed by atoms with van der Waals surface area (Å²) < 4.78 is 0.428. The third-order valence-electron chi connectivity index (χ3n) is 3.50. The van der Waals surface area contributed by atoms with Gasteiger partial charge in [0, 0.05) is 21.9 Å². The van der Waals surface area contributed by atoms with Crippen molar-refractivity contribution in [1.29, 1.82) is 0 Å². The van der Waals surface area contributed by atoms with Gasteiger partial charge in [-0.3, -0.25) is 10.1 Å². The zero-order valence-corrected chi connectivity index (χ0v) is 14.2. The summed E-state index contributed by atoms with van der Waals surface area (Å²) in [4.78, 5) is 4.44. The van der Waals surface area contributed by atoms with Crippen LogP contribution >= 0.6 is 22.6 Å². The van der Waals surface area contributed by atoms with Crippen molar-refractivity contribution in [2.75, 3.05) is 12.1 Å². The Bertz CT molecular complexity index is 655. The first-order valence-electron chi connectivity index (χ1n) is 6.86. The van der Waals surface area contributed by atoms with E-state index in [2.05, 4.69) is 63.1 Å². The van der Waals surface area contributed by atoms with E-state index in [0.717, 1.165) is 16.4 Å². The second-order valence-corrected chi connectivity index (χ2v) is 6.82. The molecular formula is C16H17IN4. The number of aromatic nitrogens is 1. The molecule has 2 aromatic rings. The van der Waals surface area contributed by atoms with Gasteiger partial charge in [-0.05, 0) is 30.7 Å². The number of rotatable bonds is 3. The Labute approximate surface area is 138 Å². The molecule has 108 valence electrons. The second kappa shape index (κ2) is 6.03. The van der Waals surface area contributed by atoms with Crippen molar-refractivity contribution in [3.05, 3.63) is 66.0 Å². The molecule has 0 radical (unpaired) electrons. The summed E-state index contributed by atoms with van der Waals surface area (Å²) in [5, 5.41) is 3.13. The molecule has 0 amide bonds. The number of benzene rings is 1. The second-order valence-electron chi connectivity index (χ2n) is 4.95. The van der Waals surface area contributed by atoms with Crippen molar-refractivity contribution in [3.8, 4) is 11.3 Å². The van der Waals surface area contributed by atoms with Gasteiger partial charge in [-0.1, -0.05) is 40.8 Å². The number of alkyl halides is 1. The van der Waals surface area contributed by atoms with Gasteiger partial charge in [-0.15, -0.1) is 6.20 Å². The van der Waals surface area contributed by atoms with Crippen LogP contribution in [0.25, 0.3) is 16.7 Å². The molecule has 0 fully saturated rings. The molecule has 0 saturated heterocycles. The van der Waals surface area contributed by atoms with Gasteiger partial charge in [0.2, 0.25) is 0 Å². The van der Waals surface area contributed by atoms with E-state index < -0.39 is 0 Å². The minimum Gasteiger partial charge on any atom is -0.468 e. The summed E-state index contributed by atoms with van der Waals surface area (Å²) in [6, 6.07) is 12.5. The molecule has 4 nitrogen and oxygen atoms in total. The highest BCUT2D eigenvalue weighted by Gasteiger charge is 2.19. The minimum absolute atomic E-state index is 0.428. The van der Waals surface area contributed by atoms with Gasteiger partial charge in [0.1, 0.15) is 0 Å². The fraction of sp³-hybridized carbons (Fsp3) is 0.188. The van der Waals surface area contributed by atoms with Crippen LogP contribution in [0.1, 0.15) is 16.4 Å². The maximum absolute atomic E-state index is 4.44. The zero-order valence-electron chi connectivity index (χ0n) is 12.0. The Balaban J connectivity index is 2.09. The van der Waals surface area contributed by atoms with Crippen LogP contribution in [0.5, 0.6) is 0 Å². The van der Waals surface area contributed by atoms with Crippen LogP contribution in [0.4, 0.5) is 5.69 Å². The van der Waals surface area contributed by atoms with E-state index in [1.807, 2.05) is 43.8 Å². The van der Waals surface area contributed by atoms with Crippen molar-refractivity contribution in [3.63, 3.8) is 0 Å². The molecule has 0 spiro atoms. The Morgan fingerprint density at radius 3 is 2.76 bits per heavy atom. The lowest BCUT2D eigenvalue weighted by molar-refractivity contribution is -0.837. The molecule has 2 atom stereocenters. The fourth-order valence-corrected chi connectivity index (χ4v) is 2.94. The van der Waals surface area contributed by atoms with Crippen LogP contribution in [-0.2, 0) is 0 Å². The number of anilines is 1. The molecule has 1 unspecified atom stereocenters. The van der Waals surface area contributed by atoms with Gasteiger partial charge in [-0.2, -0.15) is 0 Å². The molecule has 0 aliphatic carbocycles. The van der Waals surface area contributed by atoms with Gasteiger partial charge in [-0.25, -0.2) is 5.01 Å². The Morgan fingerprint density at radius 2 is 2.14 bits per heavy atom. The molecule has 1 aromatic heterocycles. The number of pyridine rings is 1. The molecule has 2 heterocycles. The highest BCUT2D eigenvalue weighted by Crippen LogP contribution is 2.34. The molecule has 1 aliphatic rings. The molecule has 0 saturated carbocycles. The molecule has 5 heteroatoms. The molecule has 1 N–H and O–H groups in total. The average molecular weight is 392 g/mol. The maximum Gasteiger partial charge on any atom is 0.0978 e. The van der Waals surface area contributed by atoms with Gasteiger partial charge >= 0.3 is 0 Å². The van der Waals surface area contributed by atoms with Crippen LogP contribution in [0.3, 0.4) is 0 Å². The topological polar surface area (TPSA) is 34.7 Å². The summed E-state index contributed by atoms with van der Waals surface area (Å²) in [6.07, 6.45) is 5.67. The Hall–Kier alpha value is -1.60. The van der Waals surface area contributed by atoms with E-state index >= 15 is 0 Å². The number of halogens is 1. The fourth-order valence-electron chi connectivity index (χ4n) is 2.41. The van der Waals surface area contributed by atoms with E-state index in [4.69, 9.17) is 0 Å². The minimum atomic E-state index is 0.428. The average Bonchev–Trinajstić information content (AvgIpc) is 2.93. The van der Waals surface area contributed by atoms with Crippen LogP contribution < -0.4 is 10.1 Å². The normalized spacial score (nSPS) is 18.6. The number of nitrogens with zero attached hydrogens (tertiary/aromatic N) is 3. The maximum atomic E-state index is 4.44. The number of hydrogen-bond donors (Lipinski definition) is 1. The predicted octanol–water partition coefficient (Wildman–Crippen LogP) is 3.25. The van der Waals surface area contributed by atoms with Crippen molar-refractivity contribution in [1.82, 2.24) is 4.98 Å². The van der Waals surface area contributed by atoms with Gasteiger partial charge in [0.05, 0.1) is 18.4 Å². The first-order valence-corrected chi connectivity index (χ1v) is 8.11. The summed E-state index contributed by atoms with van der Waals surface area (Å²) >= 11 is 2.45. The molecule has 21 heavy (non-hydrogen) atoms. The molecule has 1 aromatic carbocycles. The van der Waals surface area contributed by atoms with Crippen molar-refractivity contribution < 1.29 is 5.12 Å². The highest BCUT2D eigenvalue weighted by atomic mass is 127. The van der Waals surface area contributed by atoms with Gasteiger partial charge in [0.25, 0.3) is 0 Å². The summed E-state index contributed by atoms with van der Waals surface area (Å²) in [7, 11) is 2.02. The van der Waals surface area contributed by atoms with Gasteiger partial charge < -0.3 is 5.43 Å². The van der Waals surface area contributed by atoms with E-state index in [9.17, 15) is 0 Å². The Morgan fingerprint density at radius 1 is 1.29 bits per heavy atom. The van der Waals surface area contributed by atoms with E-state index in [0.29, 0.717) is 3.92 Å². The first kappa shape index (κ1) is 14.3. The van der Waals surface area contributed by atoms with Crippen molar-refractivity contribution in [2.24, 2.45) is 0 Å². The monoisotopic (exact) mass is 392 g/mol. The number of hydrogen-bond acceptors (Lipinski definition) is 2. The molecule has 0 bridgehead atoms. The smallest absolute Gasteiger partial charge is 0.0978 e. The van der Waals surface area contributed by atoms with Crippen LogP contribution in [0.2, 0.25) is 0 Å². The van der Waals surface area contributed by atoms with E-state index in [1.54, 1.807) is 0 Å². The lowest BCUT2D eigenvalue weighted by atomic mass is 10.0. The highest BCUT2D eigenvalue weighted by molar-refractivity contribution is 14.1. The lowest BCUT2D eigenvalue weighted by Gasteiger charge is -2.30. The standard InChI is InChI=1S/C16H17IN4/c1-12(17)14-7-6-13(15-5-3-4-8-18-15)11-16(14)21-10-9-19-20(21)2/h3-12,20H,1-2H3/t12-/m1/s1. The first-order chi connectivity index (χ1) is 10.2. The van der Waals surface area contributed by atoms with Crippen LogP contribution in [0, 0.1) is 0 Å². The summed E-state index contributed by atoms with van der Waals surface area (Å²) in [6.45, 7) is 2.20. The van der Waals surface area contributed by atoms with E-state index in [-0.39, 0.29) is 0 Å². The number of quaternary nitrogens is 1. The molecule has 3 rings (SSSR count). The summed E-state index contributed by atoms with van der Waals surface area (Å²) in [5.41, 5.74) is 8.93. The largest absolute Gasteiger partial charge is 0.468 e. The SMILES string of the molecule is C[C@@H](I)c1ccc(-c2ccccn2)cc1N1C=C[N-][NH+]1C.